The van der Waals surface area contributed by atoms with Crippen molar-refractivity contribution in [2.24, 2.45) is 5.73 Å². The van der Waals surface area contributed by atoms with Crippen LogP contribution in [0.25, 0.3) is 0 Å². The highest BCUT2D eigenvalue weighted by Crippen LogP contribution is 2.12. The zero-order chi connectivity index (χ0) is 18.1. The summed E-state index contributed by atoms with van der Waals surface area (Å²) in [5, 5.41) is 2.82. The Morgan fingerprint density at radius 3 is 2.58 bits per heavy atom. The van der Waals surface area contributed by atoms with Gasteiger partial charge in [-0.15, -0.1) is 12.4 Å². The second-order valence-corrected chi connectivity index (χ2v) is 5.25. The van der Waals surface area contributed by atoms with E-state index in [4.69, 9.17) is 19.6 Å². The minimum absolute atomic E-state index is 0. The molecule has 0 bridgehead atoms. The average molecular weight is 383 g/mol. The fraction of sp³-hybridized carbons (Fsp3) is 0.333. The number of furan rings is 1. The van der Waals surface area contributed by atoms with Crippen LogP contribution in [-0.2, 0) is 22.5 Å². The van der Waals surface area contributed by atoms with Crippen LogP contribution in [-0.4, -0.2) is 31.6 Å². The Bertz CT molecular complexity index is 700. The van der Waals surface area contributed by atoms with Gasteiger partial charge in [0.25, 0.3) is 5.91 Å². The van der Waals surface area contributed by atoms with Crippen molar-refractivity contribution in [3.8, 4) is 5.75 Å². The van der Waals surface area contributed by atoms with E-state index in [0.29, 0.717) is 36.6 Å². The Morgan fingerprint density at radius 1 is 1.23 bits per heavy atom. The first-order valence-corrected chi connectivity index (χ1v) is 8.05. The molecule has 3 N–H and O–H groups in total. The molecule has 1 aromatic carbocycles. The summed E-state index contributed by atoms with van der Waals surface area (Å²) < 4.78 is 15.2. The maximum Gasteiger partial charge on any atom is 0.344 e. The molecule has 1 aromatic heterocycles. The van der Waals surface area contributed by atoms with Crippen molar-refractivity contribution in [3.05, 3.63) is 53.5 Å². The molecule has 7 nitrogen and oxygen atoms in total. The van der Waals surface area contributed by atoms with Gasteiger partial charge in [-0.3, -0.25) is 4.79 Å². The molecule has 0 radical (unpaired) electrons. The highest BCUT2D eigenvalue weighted by molar-refractivity contribution is 5.93. The summed E-state index contributed by atoms with van der Waals surface area (Å²) in [6, 6.07) is 8.96. The third kappa shape index (κ3) is 6.78. The molecular weight excluding hydrogens is 360 g/mol. The molecule has 0 aliphatic rings. The van der Waals surface area contributed by atoms with Gasteiger partial charge in [-0.1, -0.05) is 12.1 Å². The lowest BCUT2D eigenvalue weighted by Crippen LogP contribution is -2.25. The number of hydrogen-bond donors (Lipinski definition) is 2. The molecule has 1 amide bonds. The first-order chi connectivity index (χ1) is 12.1. The molecule has 0 atom stereocenters. The number of benzene rings is 1. The maximum absolute atomic E-state index is 11.9. The SMILES string of the molecule is CCOC(=O)COc1ccc(CCNC(=O)c2coc(CN)c2)cc1.Cl. The van der Waals surface area contributed by atoms with E-state index >= 15 is 0 Å². The van der Waals surface area contributed by atoms with E-state index in [9.17, 15) is 9.59 Å². The van der Waals surface area contributed by atoms with Crippen LogP contribution in [0.4, 0.5) is 0 Å². The lowest BCUT2D eigenvalue weighted by molar-refractivity contribution is -0.145. The van der Waals surface area contributed by atoms with Crippen LogP contribution in [0.3, 0.4) is 0 Å². The van der Waals surface area contributed by atoms with Crippen molar-refractivity contribution in [2.75, 3.05) is 19.8 Å². The van der Waals surface area contributed by atoms with E-state index in [1.165, 1.54) is 6.26 Å². The van der Waals surface area contributed by atoms with Crippen LogP contribution in [0.1, 0.15) is 28.6 Å². The van der Waals surface area contributed by atoms with E-state index in [-0.39, 0.29) is 31.5 Å². The third-order valence-corrected chi connectivity index (χ3v) is 3.40. The summed E-state index contributed by atoms with van der Waals surface area (Å²) >= 11 is 0. The Kier molecular flexibility index (Phi) is 9.25. The molecular formula is C18H23ClN2O5. The number of ether oxygens (including phenoxy) is 2. The van der Waals surface area contributed by atoms with Crippen LogP contribution < -0.4 is 15.8 Å². The van der Waals surface area contributed by atoms with Gasteiger partial charge in [0.1, 0.15) is 17.8 Å². The summed E-state index contributed by atoms with van der Waals surface area (Å²) in [7, 11) is 0. The van der Waals surface area contributed by atoms with E-state index in [0.717, 1.165) is 5.56 Å². The van der Waals surface area contributed by atoms with E-state index in [2.05, 4.69) is 5.32 Å². The van der Waals surface area contributed by atoms with Gasteiger partial charge in [0.2, 0.25) is 0 Å². The van der Waals surface area contributed by atoms with Crippen LogP contribution >= 0.6 is 12.4 Å². The molecule has 0 fully saturated rings. The Hall–Kier alpha value is -2.51. The molecule has 0 aliphatic carbocycles. The van der Waals surface area contributed by atoms with E-state index in [1.807, 2.05) is 12.1 Å². The molecule has 8 heteroatoms. The highest BCUT2D eigenvalue weighted by atomic mass is 35.5. The smallest absolute Gasteiger partial charge is 0.344 e. The first-order valence-electron chi connectivity index (χ1n) is 8.05. The van der Waals surface area contributed by atoms with Crippen molar-refractivity contribution in [1.82, 2.24) is 5.32 Å². The van der Waals surface area contributed by atoms with Gasteiger partial charge in [0, 0.05) is 6.54 Å². The maximum atomic E-state index is 11.9. The van der Waals surface area contributed by atoms with Gasteiger partial charge in [-0.2, -0.15) is 0 Å². The quantitative estimate of drug-likeness (QED) is 0.643. The molecule has 2 rings (SSSR count). The fourth-order valence-electron chi connectivity index (χ4n) is 2.13. The Labute approximate surface area is 158 Å². The van der Waals surface area contributed by atoms with Crippen molar-refractivity contribution in [3.63, 3.8) is 0 Å². The molecule has 0 unspecified atom stereocenters. The summed E-state index contributed by atoms with van der Waals surface area (Å²) in [6.07, 6.45) is 2.07. The van der Waals surface area contributed by atoms with Crippen molar-refractivity contribution in [2.45, 2.75) is 19.9 Å². The zero-order valence-corrected chi connectivity index (χ0v) is 15.3. The number of halogens is 1. The van der Waals surface area contributed by atoms with Gasteiger partial charge in [0.05, 0.1) is 18.7 Å². The van der Waals surface area contributed by atoms with Gasteiger partial charge in [-0.25, -0.2) is 4.79 Å². The molecule has 0 spiro atoms. The van der Waals surface area contributed by atoms with Crippen LogP contribution in [0.5, 0.6) is 5.75 Å². The summed E-state index contributed by atoms with van der Waals surface area (Å²) in [5.41, 5.74) is 6.94. The standard InChI is InChI=1S/C18H22N2O5.ClH/c1-2-23-17(21)12-25-15-5-3-13(4-6-15)7-8-20-18(22)14-9-16(10-19)24-11-14;/h3-6,9,11H,2,7-8,10,12,19H2,1H3,(H,20,22);1H. The van der Waals surface area contributed by atoms with Crippen LogP contribution in [0.2, 0.25) is 0 Å². The normalized spacial score (nSPS) is 9.92. The van der Waals surface area contributed by atoms with Gasteiger partial charge >= 0.3 is 5.97 Å². The van der Waals surface area contributed by atoms with Crippen molar-refractivity contribution in [1.29, 1.82) is 0 Å². The molecule has 0 saturated heterocycles. The van der Waals surface area contributed by atoms with Crippen LogP contribution in [0.15, 0.2) is 41.0 Å². The number of rotatable bonds is 9. The number of esters is 1. The lowest BCUT2D eigenvalue weighted by Gasteiger charge is -2.07. The molecule has 0 saturated carbocycles. The Balaban J connectivity index is 0.00000338. The molecule has 2 aromatic rings. The van der Waals surface area contributed by atoms with E-state index < -0.39 is 5.97 Å². The monoisotopic (exact) mass is 382 g/mol. The second-order valence-electron chi connectivity index (χ2n) is 5.25. The minimum atomic E-state index is -0.397. The lowest BCUT2D eigenvalue weighted by atomic mass is 10.1. The summed E-state index contributed by atoms with van der Waals surface area (Å²) in [5.74, 6) is 0.571. The fourth-order valence-corrected chi connectivity index (χ4v) is 2.13. The van der Waals surface area contributed by atoms with Gasteiger partial charge in [-0.05, 0) is 37.1 Å². The largest absolute Gasteiger partial charge is 0.482 e. The topological polar surface area (TPSA) is 104 Å². The van der Waals surface area contributed by atoms with Gasteiger partial charge in [0.15, 0.2) is 6.61 Å². The third-order valence-electron chi connectivity index (χ3n) is 3.40. The molecule has 0 aliphatic heterocycles. The number of carbonyl (C=O) groups is 2. The molecule has 1 heterocycles. The predicted octanol–water partition coefficient (Wildman–Crippen LogP) is 2.07. The van der Waals surface area contributed by atoms with E-state index in [1.54, 1.807) is 25.1 Å². The molecule has 26 heavy (non-hydrogen) atoms. The average Bonchev–Trinajstić information content (AvgIpc) is 3.10. The van der Waals surface area contributed by atoms with Crippen molar-refractivity contribution >= 4 is 24.3 Å². The predicted molar refractivity (Wildman–Crippen MR) is 98.5 cm³/mol. The number of nitrogens with one attached hydrogen (secondary N) is 1. The molecule has 142 valence electrons. The number of amides is 1. The summed E-state index contributed by atoms with van der Waals surface area (Å²) in [6.45, 7) is 2.72. The van der Waals surface area contributed by atoms with Crippen LogP contribution in [0, 0.1) is 0 Å². The number of carbonyl (C=O) groups excluding carboxylic acids is 2. The second kappa shape index (κ2) is 11.2. The zero-order valence-electron chi connectivity index (χ0n) is 14.5. The van der Waals surface area contributed by atoms with Crippen molar-refractivity contribution < 1.29 is 23.5 Å². The van der Waals surface area contributed by atoms with Gasteiger partial charge < -0.3 is 24.9 Å². The Morgan fingerprint density at radius 2 is 1.96 bits per heavy atom. The highest BCUT2D eigenvalue weighted by Gasteiger charge is 2.09. The first kappa shape index (κ1) is 21.5. The number of hydrogen-bond acceptors (Lipinski definition) is 6. The summed E-state index contributed by atoms with van der Waals surface area (Å²) in [4.78, 5) is 23.2. The minimum Gasteiger partial charge on any atom is -0.482 e. The number of nitrogens with two attached hydrogens (primary N) is 1.